The van der Waals surface area contributed by atoms with Gasteiger partial charge in [-0.2, -0.15) is 0 Å². The van der Waals surface area contributed by atoms with Gasteiger partial charge in [-0.1, -0.05) is 18.2 Å². The predicted molar refractivity (Wildman–Crippen MR) is 67.1 cm³/mol. The first-order valence-electron chi connectivity index (χ1n) is 5.14. The number of rotatable bonds is 3. The maximum atomic E-state index is 11.4. The maximum absolute atomic E-state index is 11.4. The van der Waals surface area contributed by atoms with Crippen LogP contribution in [0, 0.1) is 6.92 Å². The Kier molecular flexibility index (Phi) is 3.72. The summed E-state index contributed by atoms with van der Waals surface area (Å²) in [5.74, 6) is 0. The number of amides is 1. The third kappa shape index (κ3) is 3.57. The second-order valence-corrected chi connectivity index (χ2v) is 4.73. The average molecular weight is 248 g/mol. The van der Waals surface area contributed by atoms with Gasteiger partial charge in [-0.05, 0) is 19.1 Å². The smallest absolute Gasteiger partial charge is 0.411 e. The number of anilines is 1. The zero-order valence-corrected chi connectivity index (χ0v) is 10.2. The molecule has 1 aromatic heterocycles. The highest BCUT2D eigenvalue weighted by atomic mass is 32.1. The van der Waals surface area contributed by atoms with Crippen LogP contribution in [-0.2, 0) is 11.3 Å². The first kappa shape index (κ1) is 11.6. The fourth-order valence-corrected chi connectivity index (χ4v) is 1.99. The van der Waals surface area contributed by atoms with Crippen LogP contribution < -0.4 is 5.32 Å². The second kappa shape index (κ2) is 5.45. The molecule has 0 aliphatic carbocycles. The Bertz CT molecular complexity index is 496. The molecule has 0 unspecified atom stereocenters. The van der Waals surface area contributed by atoms with Crippen LogP contribution in [0.25, 0.3) is 0 Å². The van der Waals surface area contributed by atoms with Gasteiger partial charge in [0.2, 0.25) is 0 Å². The number of hydrogen-bond acceptors (Lipinski definition) is 4. The molecule has 1 heterocycles. The quantitative estimate of drug-likeness (QED) is 0.907. The zero-order valence-electron chi connectivity index (χ0n) is 9.34. The number of thiazole rings is 1. The topological polar surface area (TPSA) is 51.2 Å². The van der Waals surface area contributed by atoms with Crippen LogP contribution in [0.1, 0.15) is 9.88 Å². The van der Waals surface area contributed by atoms with E-state index in [4.69, 9.17) is 4.74 Å². The fraction of sp³-hybridized carbons (Fsp3) is 0.167. The maximum Gasteiger partial charge on any atom is 0.411 e. The lowest BCUT2D eigenvalue weighted by molar-refractivity contribution is 0.156. The molecular formula is C12H12N2O2S. The Morgan fingerprint density at radius 1 is 1.41 bits per heavy atom. The standard InChI is InChI=1S/C12H12N2O2S/c1-9-13-7-11(17-9)8-16-12(15)14-10-5-3-2-4-6-10/h2-7H,8H2,1H3,(H,14,15). The van der Waals surface area contributed by atoms with Crippen molar-refractivity contribution in [2.45, 2.75) is 13.5 Å². The van der Waals surface area contributed by atoms with Gasteiger partial charge in [0.1, 0.15) is 6.61 Å². The zero-order chi connectivity index (χ0) is 12.1. The molecule has 2 aromatic rings. The summed E-state index contributed by atoms with van der Waals surface area (Å²) in [4.78, 5) is 16.5. The summed E-state index contributed by atoms with van der Waals surface area (Å²) < 4.78 is 5.07. The summed E-state index contributed by atoms with van der Waals surface area (Å²) in [6.07, 6.45) is 1.26. The van der Waals surface area contributed by atoms with Crippen LogP contribution in [0.4, 0.5) is 10.5 Å². The van der Waals surface area contributed by atoms with Gasteiger partial charge < -0.3 is 4.74 Å². The van der Waals surface area contributed by atoms with Crippen molar-refractivity contribution in [2.24, 2.45) is 0 Å². The number of hydrogen-bond donors (Lipinski definition) is 1. The molecule has 17 heavy (non-hydrogen) atoms. The minimum absolute atomic E-state index is 0.254. The van der Waals surface area contributed by atoms with E-state index in [0.29, 0.717) is 0 Å². The van der Waals surface area contributed by atoms with Crippen molar-refractivity contribution in [3.63, 3.8) is 0 Å². The molecule has 0 bridgehead atoms. The molecule has 0 atom stereocenters. The summed E-state index contributed by atoms with van der Waals surface area (Å²) in [5.41, 5.74) is 0.720. The van der Waals surface area contributed by atoms with Crippen LogP contribution in [0.5, 0.6) is 0 Å². The first-order chi connectivity index (χ1) is 8.24. The van der Waals surface area contributed by atoms with Gasteiger partial charge in [-0.15, -0.1) is 11.3 Å². The second-order valence-electron chi connectivity index (χ2n) is 3.41. The van der Waals surface area contributed by atoms with E-state index in [0.717, 1.165) is 15.6 Å². The number of benzene rings is 1. The monoisotopic (exact) mass is 248 g/mol. The van der Waals surface area contributed by atoms with Gasteiger partial charge in [0.05, 0.1) is 9.88 Å². The molecule has 0 aliphatic heterocycles. The SMILES string of the molecule is Cc1ncc(COC(=O)Nc2ccccc2)s1. The van der Waals surface area contributed by atoms with Crippen molar-refractivity contribution < 1.29 is 9.53 Å². The molecule has 4 nitrogen and oxygen atoms in total. The van der Waals surface area contributed by atoms with Crippen molar-refractivity contribution in [3.8, 4) is 0 Å². The van der Waals surface area contributed by atoms with E-state index in [1.54, 1.807) is 18.3 Å². The summed E-state index contributed by atoms with van der Waals surface area (Å²) in [6.45, 7) is 2.17. The van der Waals surface area contributed by atoms with Gasteiger partial charge in [-0.3, -0.25) is 5.32 Å². The van der Waals surface area contributed by atoms with Crippen molar-refractivity contribution >= 4 is 23.1 Å². The molecule has 1 amide bonds. The number of nitrogens with zero attached hydrogens (tertiary/aromatic N) is 1. The van der Waals surface area contributed by atoms with Gasteiger partial charge in [0, 0.05) is 11.9 Å². The first-order valence-corrected chi connectivity index (χ1v) is 5.96. The van der Waals surface area contributed by atoms with E-state index in [9.17, 15) is 4.79 Å². The number of aromatic nitrogens is 1. The molecule has 5 heteroatoms. The van der Waals surface area contributed by atoms with E-state index < -0.39 is 6.09 Å². The number of aryl methyl sites for hydroxylation is 1. The number of nitrogens with one attached hydrogen (secondary N) is 1. The molecule has 0 aliphatic rings. The number of para-hydroxylation sites is 1. The van der Waals surface area contributed by atoms with Gasteiger partial charge in [0.15, 0.2) is 0 Å². The molecule has 0 saturated carbocycles. The molecule has 0 saturated heterocycles. The summed E-state index contributed by atoms with van der Waals surface area (Å²) >= 11 is 1.52. The number of carbonyl (C=O) groups excluding carboxylic acids is 1. The van der Waals surface area contributed by atoms with Crippen LogP contribution >= 0.6 is 11.3 Å². The summed E-state index contributed by atoms with van der Waals surface area (Å²) in [5, 5.41) is 3.61. The Balaban J connectivity index is 1.82. The average Bonchev–Trinajstić information content (AvgIpc) is 2.74. The molecule has 1 N–H and O–H groups in total. The predicted octanol–water partition coefficient (Wildman–Crippen LogP) is 3.20. The molecule has 0 radical (unpaired) electrons. The van der Waals surface area contributed by atoms with Crippen LogP contribution in [0.2, 0.25) is 0 Å². The highest BCUT2D eigenvalue weighted by Gasteiger charge is 2.04. The lowest BCUT2D eigenvalue weighted by Crippen LogP contribution is -2.12. The van der Waals surface area contributed by atoms with Crippen LogP contribution in [0.3, 0.4) is 0 Å². The Labute approximate surface area is 103 Å². The van der Waals surface area contributed by atoms with E-state index in [1.807, 2.05) is 25.1 Å². The highest BCUT2D eigenvalue weighted by molar-refractivity contribution is 7.11. The van der Waals surface area contributed by atoms with E-state index in [2.05, 4.69) is 10.3 Å². The Morgan fingerprint density at radius 2 is 2.18 bits per heavy atom. The molecule has 1 aromatic carbocycles. The molecule has 88 valence electrons. The Hall–Kier alpha value is -1.88. The molecule has 0 spiro atoms. The highest BCUT2D eigenvalue weighted by Crippen LogP contribution is 2.13. The van der Waals surface area contributed by atoms with Crippen molar-refractivity contribution in [2.75, 3.05) is 5.32 Å². The van der Waals surface area contributed by atoms with Crippen molar-refractivity contribution in [1.29, 1.82) is 0 Å². The summed E-state index contributed by atoms with van der Waals surface area (Å²) in [7, 11) is 0. The lowest BCUT2D eigenvalue weighted by Gasteiger charge is -2.05. The summed E-state index contributed by atoms with van der Waals surface area (Å²) in [6, 6.07) is 9.19. The van der Waals surface area contributed by atoms with Crippen LogP contribution in [0.15, 0.2) is 36.5 Å². The van der Waals surface area contributed by atoms with Crippen LogP contribution in [-0.4, -0.2) is 11.1 Å². The lowest BCUT2D eigenvalue weighted by atomic mass is 10.3. The fourth-order valence-electron chi connectivity index (χ4n) is 1.28. The normalized spacial score (nSPS) is 9.94. The van der Waals surface area contributed by atoms with Gasteiger partial charge in [-0.25, -0.2) is 9.78 Å². The van der Waals surface area contributed by atoms with Gasteiger partial charge in [0.25, 0.3) is 0 Å². The number of ether oxygens (including phenoxy) is 1. The minimum Gasteiger partial charge on any atom is -0.444 e. The van der Waals surface area contributed by atoms with Crippen molar-refractivity contribution in [1.82, 2.24) is 4.98 Å². The van der Waals surface area contributed by atoms with E-state index in [1.165, 1.54) is 11.3 Å². The molecular weight excluding hydrogens is 236 g/mol. The number of carbonyl (C=O) groups is 1. The van der Waals surface area contributed by atoms with E-state index in [-0.39, 0.29) is 6.61 Å². The van der Waals surface area contributed by atoms with Gasteiger partial charge >= 0.3 is 6.09 Å². The van der Waals surface area contributed by atoms with E-state index >= 15 is 0 Å². The third-order valence-corrected chi connectivity index (χ3v) is 2.92. The van der Waals surface area contributed by atoms with Crippen molar-refractivity contribution in [3.05, 3.63) is 46.4 Å². The Morgan fingerprint density at radius 3 is 2.82 bits per heavy atom. The molecule has 2 rings (SSSR count). The minimum atomic E-state index is -0.456. The molecule has 0 fully saturated rings. The third-order valence-electron chi connectivity index (χ3n) is 2.03. The largest absolute Gasteiger partial charge is 0.444 e.